The van der Waals surface area contributed by atoms with Crippen LogP contribution in [0.4, 0.5) is 5.69 Å². The first-order chi connectivity index (χ1) is 13.0. The van der Waals surface area contributed by atoms with Gasteiger partial charge in [0.1, 0.15) is 11.8 Å². The van der Waals surface area contributed by atoms with E-state index < -0.39 is 11.9 Å². The average Bonchev–Trinajstić information content (AvgIpc) is 3.14. The highest BCUT2D eigenvalue weighted by atomic mass is 35.5. The molecule has 0 aliphatic carbocycles. The lowest BCUT2D eigenvalue weighted by Gasteiger charge is -2.09. The summed E-state index contributed by atoms with van der Waals surface area (Å²) in [6.07, 6.45) is 0. The molecule has 3 aromatic rings. The third-order valence-electron chi connectivity index (χ3n) is 3.68. The summed E-state index contributed by atoms with van der Waals surface area (Å²) in [5, 5.41) is 16.0. The molecule has 2 aromatic carbocycles. The van der Waals surface area contributed by atoms with Crippen LogP contribution in [0.1, 0.15) is 26.5 Å². The van der Waals surface area contributed by atoms with Gasteiger partial charge in [-0.25, -0.2) is 9.48 Å². The van der Waals surface area contributed by atoms with Crippen LogP contribution < -0.4 is 5.32 Å². The van der Waals surface area contributed by atoms with E-state index in [0.717, 1.165) is 0 Å². The maximum absolute atomic E-state index is 12.8. The highest BCUT2D eigenvalue weighted by Gasteiger charge is 2.21. The minimum absolute atomic E-state index is 0.00404. The number of hydrogen-bond acceptors (Lipinski definition) is 5. The van der Waals surface area contributed by atoms with Crippen molar-refractivity contribution in [1.82, 2.24) is 9.78 Å². The zero-order chi connectivity index (χ0) is 19.4. The number of halogens is 1. The molecule has 134 valence electrons. The molecule has 0 saturated heterocycles. The van der Waals surface area contributed by atoms with Crippen molar-refractivity contribution < 1.29 is 14.3 Å². The number of benzene rings is 2. The maximum Gasteiger partial charge on any atom is 0.358 e. The fourth-order valence-corrected chi connectivity index (χ4v) is 2.61. The molecule has 1 heterocycles. The van der Waals surface area contributed by atoms with Crippen LogP contribution in [0, 0.1) is 11.3 Å². The molecule has 1 amide bonds. The summed E-state index contributed by atoms with van der Waals surface area (Å²) in [6.45, 7) is 0. The average molecular weight is 381 g/mol. The van der Waals surface area contributed by atoms with E-state index in [1.807, 2.05) is 12.1 Å². The van der Waals surface area contributed by atoms with Gasteiger partial charge in [-0.2, -0.15) is 10.4 Å². The van der Waals surface area contributed by atoms with Crippen molar-refractivity contribution in [2.45, 2.75) is 0 Å². The van der Waals surface area contributed by atoms with Crippen molar-refractivity contribution >= 4 is 29.2 Å². The molecule has 0 spiro atoms. The van der Waals surface area contributed by atoms with Crippen LogP contribution >= 0.6 is 11.6 Å². The van der Waals surface area contributed by atoms with E-state index in [0.29, 0.717) is 16.9 Å². The van der Waals surface area contributed by atoms with Crippen LogP contribution in [-0.4, -0.2) is 28.8 Å². The van der Waals surface area contributed by atoms with Crippen LogP contribution in [0.2, 0.25) is 5.02 Å². The Hall–Kier alpha value is -3.63. The zero-order valence-corrected chi connectivity index (χ0v) is 14.9. The van der Waals surface area contributed by atoms with Gasteiger partial charge >= 0.3 is 5.97 Å². The minimum Gasteiger partial charge on any atom is -0.464 e. The highest BCUT2D eigenvalue weighted by Crippen LogP contribution is 2.21. The normalized spacial score (nSPS) is 10.1. The number of nitrogens with zero attached hydrogens (tertiary/aromatic N) is 3. The van der Waals surface area contributed by atoms with Crippen molar-refractivity contribution in [3.63, 3.8) is 0 Å². The van der Waals surface area contributed by atoms with Crippen molar-refractivity contribution in [3.8, 4) is 11.8 Å². The molecule has 0 aliphatic rings. The van der Waals surface area contributed by atoms with Crippen LogP contribution in [0.25, 0.3) is 5.69 Å². The fraction of sp³-hybridized carbons (Fsp3) is 0.0526. The van der Waals surface area contributed by atoms with Crippen molar-refractivity contribution in [1.29, 1.82) is 5.26 Å². The van der Waals surface area contributed by atoms with Gasteiger partial charge in [-0.15, -0.1) is 0 Å². The first kappa shape index (κ1) is 18.2. The number of para-hydroxylation sites is 1. The van der Waals surface area contributed by atoms with Crippen molar-refractivity contribution in [2.75, 3.05) is 12.4 Å². The predicted octanol–water partition coefficient (Wildman–Crippen LogP) is 3.44. The van der Waals surface area contributed by atoms with E-state index >= 15 is 0 Å². The van der Waals surface area contributed by atoms with Gasteiger partial charge in [0, 0.05) is 11.8 Å². The minimum atomic E-state index is -0.653. The van der Waals surface area contributed by atoms with E-state index in [9.17, 15) is 9.59 Å². The van der Waals surface area contributed by atoms with E-state index in [4.69, 9.17) is 16.9 Å². The first-order valence-electron chi connectivity index (χ1n) is 7.78. The number of ether oxygens (including phenoxy) is 1. The van der Waals surface area contributed by atoms with E-state index in [1.165, 1.54) is 30.0 Å². The number of hydrogen-bond donors (Lipinski definition) is 1. The molecular weight excluding hydrogens is 368 g/mol. The summed E-state index contributed by atoms with van der Waals surface area (Å²) in [4.78, 5) is 24.6. The van der Waals surface area contributed by atoms with Crippen LogP contribution in [0.5, 0.6) is 0 Å². The molecule has 0 saturated carbocycles. The number of anilines is 1. The second kappa shape index (κ2) is 7.72. The molecule has 3 rings (SSSR count). The van der Waals surface area contributed by atoms with Crippen LogP contribution in [0.15, 0.2) is 54.6 Å². The Morgan fingerprint density at radius 3 is 2.56 bits per heavy atom. The summed E-state index contributed by atoms with van der Waals surface area (Å²) in [6, 6.07) is 16.8. The van der Waals surface area contributed by atoms with Gasteiger partial charge in [0.2, 0.25) is 0 Å². The van der Waals surface area contributed by atoms with Crippen LogP contribution in [0.3, 0.4) is 0 Å². The summed E-state index contributed by atoms with van der Waals surface area (Å²) in [5.41, 5.74) is 1.46. The Bertz CT molecular complexity index is 1050. The molecule has 7 nitrogen and oxygen atoms in total. The third kappa shape index (κ3) is 3.81. The Morgan fingerprint density at radius 2 is 1.93 bits per heavy atom. The van der Waals surface area contributed by atoms with Crippen molar-refractivity contribution in [3.05, 3.63) is 76.6 Å². The van der Waals surface area contributed by atoms with E-state index in [-0.39, 0.29) is 16.4 Å². The quantitative estimate of drug-likeness (QED) is 0.699. The van der Waals surface area contributed by atoms with Crippen molar-refractivity contribution in [2.24, 2.45) is 0 Å². The van der Waals surface area contributed by atoms with Gasteiger partial charge < -0.3 is 10.1 Å². The van der Waals surface area contributed by atoms with Gasteiger partial charge in [-0.3, -0.25) is 4.79 Å². The lowest BCUT2D eigenvalue weighted by atomic mass is 10.2. The largest absolute Gasteiger partial charge is 0.464 e. The van der Waals surface area contributed by atoms with Gasteiger partial charge in [0.15, 0.2) is 5.69 Å². The second-order valence-corrected chi connectivity index (χ2v) is 5.82. The standard InChI is InChI=1S/C19H13ClN4O3/c1-27-19(26)16-10-17(24(23-16)14-5-3-2-4-6-14)18(25)22-13-8-7-12(11-21)15(20)9-13/h2-10H,1H3,(H,22,25). The lowest BCUT2D eigenvalue weighted by Crippen LogP contribution is -2.17. The Morgan fingerprint density at radius 1 is 1.19 bits per heavy atom. The summed E-state index contributed by atoms with van der Waals surface area (Å²) < 4.78 is 6.04. The molecule has 1 N–H and O–H groups in total. The third-order valence-corrected chi connectivity index (χ3v) is 4.00. The van der Waals surface area contributed by atoms with Crippen LogP contribution in [-0.2, 0) is 4.74 Å². The van der Waals surface area contributed by atoms with E-state index in [2.05, 4.69) is 15.2 Å². The molecule has 0 atom stereocenters. The Kier molecular flexibility index (Phi) is 5.20. The summed E-state index contributed by atoms with van der Waals surface area (Å²) in [5.74, 6) is -1.15. The van der Waals surface area contributed by atoms with Gasteiger partial charge in [0.25, 0.3) is 5.91 Å². The number of amides is 1. The molecule has 0 radical (unpaired) electrons. The van der Waals surface area contributed by atoms with Gasteiger partial charge in [0.05, 0.1) is 23.4 Å². The number of carbonyl (C=O) groups is 2. The van der Waals surface area contributed by atoms with E-state index in [1.54, 1.807) is 30.3 Å². The highest BCUT2D eigenvalue weighted by molar-refractivity contribution is 6.32. The number of nitrogens with one attached hydrogen (secondary N) is 1. The first-order valence-corrected chi connectivity index (χ1v) is 8.16. The molecule has 0 fully saturated rings. The fourth-order valence-electron chi connectivity index (χ4n) is 2.39. The zero-order valence-electron chi connectivity index (χ0n) is 14.1. The Balaban J connectivity index is 1.98. The Labute approximate surface area is 159 Å². The molecule has 8 heteroatoms. The molecule has 27 heavy (non-hydrogen) atoms. The van der Waals surface area contributed by atoms with Gasteiger partial charge in [-0.1, -0.05) is 29.8 Å². The second-order valence-electron chi connectivity index (χ2n) is 5.41. The topological polar surface area (TPSA) is 97.0 Å². The molecular formula is C19H13ClN4O3. The molecule has 0 unspecified atom stereocenters. The summed E-state index contributed by atoms with van der Waals surface area (Å²) in [7, 11) is 1.24. The number of methoxy groups -OCH3 is 1. The van der Waals surface area contributed by atoms with Gasteiger partial charge in [-0.05, 0) is 30.3 Å². The number of nitriles is 1. The molecule has 0 bridgehead atoms. The number of rotatable bonds is 4. The monoisotopic (exact) mass is 380 g/mol. The predicted molar refractivity (Wildman–Crippen MR) is 99.0 cm³/mol. The lowest BCUT2D eigenvalue weighted by molar-refractivity contribution is 0.0593. The number of esters is 1. The molecule has 0 aliphatic heterocycles. The molecule has 1 aromatic heterocycles. The summed E-state index contributed by atoms with van der Waals surface area (Å²) >= 11 is 6.00. The number of aromatic nitrogens is 2. The smallest absolute Gasteiger partial charge is 0.358 e. The maximum atomic E-state index is 12.8. The SMILES string of the molecule is COC(=O)c1cc(C(=O)Nc2ccc(C#N)c(Cl)c2)n(-c2ccccc2)n1. The number of carbonyl (C=O) groups excluding carboxylic acids is 2.